The van der Waals surface area contributed by atoms with Crippen molar-refractivity contribution in [3.63, 3.8) is 0 Å². The molecule has 1 heterocycles. The quantitative estimate of drug-likeness (QED) is 0.889. The number of nitrogens with zero attached hydrogens (tertiary/aromatic N) is 1. The lowest BCUT2D eigenvalue weighted by Gasteiger charge is -2.51. The highest BCUT2D eigenvalue weighted by Gasteiger charge is 2.45. The van der Waals surface area contributed by atoms with Gasteiger partial charge in [0.2, 0.25) is 0 Å². The minimum atomic E-state index is -0.188. The van der Waals surface area contributed by atoms with Crippen LogP contribution in [0, 0.1) is 5.82 Å². The largest absolute Gasteiger partial charge is 0.309 e. The third kappa shape index (κ3) is 3.10. The fourth-order valence-electron chi connectivity index (χ4n) is 3.82. The van der Waals surface area contributed by atoms with Gasteiger partial charge in [-0.1, -0.05) is 30.5 Å². The first kappa shape index (κ1) is 15.3. The fourth-order valence-corrected chi connectivity index (χ4v) is 3.98. The van der Waals surface area contributed by atoms with Gasteiger partial charge in [-0.2, -0.15) is 0 Å². The molecule has 1 aliphatic carbocycles. The van der Waals surface area contributed by atoms with E-state index in [1.165, 1.54) is 31.7 Å². The van der Waals surface area contributed by atoms with Crippen molar-refractivity contribution in [1.82, 2.24) is 10.2 Å². The van der Waals surface area contributed by atoms with Crippen LogP contribution in [-0.4, -0.2) is 29.1 Å². The summed E-state index contributed by atoms with van der Waals surface area (Å²) in [5, 5.41) is 4.14. The van der Waals surface area contributed by atoms with E-state index in [1.54, 1.807) is 6.07 Å². The number of rotatable bonds is 2. The molecule has 1 saturated carbocycles. The topological polar surface area (TPSA) is 15.3 Å². The maximum Gasteiger partial charge on any atom is 0.129 e. The van der Waals surface area contributed by atoms with Gasteiger partial charge in [-0.3, -0.25) is 4.90 Å². The third-order valence-electron chi connectivity index (χ3n) is 5.06. The molecular formula is C17H24ClFN2. The van der Waals surface area contributed by atoms with Crippen molar-refractivity contribution in [2.45, 2.75) is 57.2 Å². The van der Waals surface area contributed by atoms with Gasteiger partial charge in [0.1, 0.15) is 5.82 Å². The van der Waals surface area contributed by atoms with Crippen LogP contribution in [0.25, 0.3) is 0 Å². The van der Waals surface area contributed by atoms with Gasteiger partial charge < -0.3 is 5.32 Å². The molecule has 1 aliphatic heterocycles. The molecule has 0 atom stereocenters. The summed E-state index contributed by atoms with van der Waals surface area (Å²) in [5.74, 6) is -0.188. The summed E-state index contributed by atoms with van der Waals surface area (Å²) in [6.07, 6.45) is 4.99. The van der Waals surface area contributed by atoms with Gasteiger partial charge in [-0.15, -0.1) is 0 Å². The van der Waals surface area contributed by atoms with Crippen LogP contribution in [0.15, 0.2) is 18.2 Å². The number of hydrogen-bond acceptors (Lipinski definition) is 2. The lowest BCUT2D eigenvalue weighted by atomic mass is 9.86. The third-order valence-corrected chi connectivity index (χ3v) is 5.30. The van der Waals surface area contributed by atoms with Crippen LogP contribution in [0.4, 0.5) is 4.39 Å². The summed E-state index contributed by atoms with van der Waals surface area (Å²) >= 11 is 5.86. The molecule has 0 amide bonds. The number of hydrogen-bond donors (Lipinski definition) is 1. The summed E-state index contributed by atoms with van der Waals surface area (Å²) in [6.45, 7) is 7.08. The molecule has 1 aromatic carbocycles. The van der Waals surface area contributed by atoms with E-state index in [4.69, 9.17) is 11.6 Å². The Morgan fingerprint density at radius 1 is 1.29 bits per heavy atom. The molecule has 1 N–H and O–H groups in total. The van der Waals surface area contributed by atoms with Gasteiger partial charge in [0.05, 0.1) is 0 Å². The normalized spacial score (nSPS) is 24.6. The van der Waals surface area contributed by atoms with Crippen molar-refractivity contribution in [2.75, 3.05) is 13.1 Å². The number of benzene rings is 1. The summed E-state index contributed by atoms with van der Waals surface area (Å²) in [5.41, 5.74) is 1.04. The molecule has 1 saturated heterocycles. The SMILES string of the molecule is CC1(C)CN(Cc2ccc(Cl)cc2F)C2(CCCC2)CN1. The predicted molar refractivity (Wildman–Crippen MR) is 85.1 cm³/mol. The Labute approximate surface area is 131 Å². The molecule has 4 heteroatoms. The minimum absolute atomic E-state index is 0.0801. The Morgan fingerprint density at radius 3 is 2.67 bits per heavy atom. The molecule has 1 aromatic rings. The highest BCUT2D eigenvalue weighted by Crippen LogP contribution is 2.39. The fraction of sp³-hybridized carbons (Fsp3) is 0.647. The Bertz CT molecular complexity index is 524. The number of piperazine rings is 1. The highest BCUT2D eigenvalue weighted by molar-refractivity contribution is 6.30. The van der Waals surface area contributed by atoms with Crippen LogP contribution < -0.4 is 5.32 Å². The molecule has 116 valence electrons. The maximum absolute atomic E-state index is 14.1. The summed E-state index contributed by atoms with van der Waals surface area (Å²) < 4.78 is 14.1. The van der Waals surface area contributed by atoms with E-state index in [1.807, 2.05) is 6.07 Å². The molecule has 3 rings (SSSR count). The second-order valence-corrected chi connectivity index (χ2v) is 7.70. The Kier molecular flexibility index (Phi) is 4.02. The molecule has 21 heavy (non-hydrogen) atoms. The standard InChI is InChI=1S/C17H24ClFN2/c1-16(2)12-21(17(11-20-16)7-3-4-8-17)10-13-5-6-14(18)9-15(13)19/h5-6,9,20H,3-4,7-8,10-12H2,1-2H3. The Morgan fingerprint density at radius 2 is 2.00 bits per heavy atom. The monoisotopic (exact) mass is 310 g/mol. The number of nitrogens with one attached hydrogen (secondary N) is 1. The maximum atomic E-state index is 14.1. The molecule has 1 spiro atoms. The summed E-state index contributed by atoms with van der Waals surface area (Å²) in [7, 11) is 0. The lowest BCUT2D eigenvalue weighted by Crippen LogP contribution is -2.67. The molecular weight excluding hydrogens is 287 g/mol. The molecule has 2 aliphatic rings. The van der Waals surface area contributed by atoms with Gasteiger partial charge >= 0.3 is 0 Å². The minimum Gasteiger partial charge on any atom is -0.309 e. The zero-order chi connectivity index (χ0) is 15.1. The van der Waals surface area contributed by atoms with Crippen LogP contribution >= 0.6 is 11.6 Å². The van der Waals surface area contributed by atoms with Crippen LogP contribution in [-0.2, 0) is 6.54 Å². The van der Waals surface area contributed by atoms with E-state index in [-0.39, 0.29) is 16.9 Å². The van der Waals surface area contributed by atoms with Crippen molar-refractivity contribution in [2.24, 2.45) is 0 Å². The van der Waals surface area contributed by atoms with Crippen molar-refractivity contribution in [3.8, 4) is 0 Å². The molecule has 0 radical (unpaired) electrons. The first-order valence-corrected chi connectivity index (χ1v) is 8.22. The van der Waals surface area contributed by atoms with E-state index in [0.717, 1.165) is 18.7 Å². The van der Waals surface area contributed by atoms with E-state index in [9.17, 15) is 4.39 Å². The summed E-state index contributed by atoms with van der Waals surface area (Å²) in [4.78, 5) is 2.50. The molecule has 2 fully saturated rings. The summed E-state index contributed by atoms with van der Waals surface area (Å²) in [6, 6.07) is 5.04. The van der Waals surface area contributed by atoms with Gasteiger partial charge in [-0.05, 0) is 38.8 Å². The first-order chi connectivity index (χ1) is 9.90. The van der Waals surface area contributed by atoms with Crippen LogP contribution in [0.3, 0.4) is 0 Å². The van der Waals surface area contributed by atoms with Gasteiger partial charge in [0.25, 0.3) is 0 Å². The van der Waals surface area contributed by atoms with Gasteiger partial charge in [-0.25, -0.2) is 4.39 Å². The van der Waals surface area contributed by atoms with Crippen molar-refractivity contribution < 1.29 is 4.39 Å². The average Bonchev–Trinajstić information content (AvgIpc) is 2.87. The zero-order valence-electron chi connectivity index (χ0n) is 12.9. The first-order valence-electron chi connectivity index (χ1n) is 7.84. The second kappa shape index (κ2) is 5.53. The second-order valence-electron chi connectivity index (χ2n) is 7.26. The lowest BCUT2D eigenvalue weighted by molar-refractivity contribution is 0.0114. The van der Waals surface area contributed by atoms with Gasteiger partial charge in [0.15, 0.2) is 0 Å². The van der Waals surface area contributed by atoms with Crippen molar-refractivity contribution in [3.05, 3.63) is 34.6 Å². The average molecular weight is 311 g/mol. The zero-order valence-corrected chi connectivity index (χ0v) is 13.6. The van der Waals surface area contributed by atoms with Crippen LogP contribution in [0.2, 0.25) is 5.02 Å². The molecule has 0 bridgehead atoms. The predicted octanol–water partition coefficient (Wildman–Crippen LogP) is 3.98. The van der Waals surface area contributed by atoms with Crippen molar-refractivity contribution in [1.29, 1.82) is 0 Å². The van der Waals surface area contributed by atoms with E-state index < -0.39 is 0 Å². The van der Waals surface area contributed by atoms with Crippen molar-refractivity contribution >= 4 is 11.6 Å². The smallest absolute Gasteiger partial charge is 0.129 e. The van der Waals surface area contributed by atoms with Crippen LogP contribution in [0.5, 0.6) is 0 Å². The van der Waals surface area contributed by atoms with E-state index in [0.29, 0.717) is 11.6 Å². The molecule has 2 nitrogen and oxygen atoms in total. The Balaban J connectivity index is 1.85. The van der Waals surface area contributed by atoms with E-state index >= 15 is 0 Å². The van der Waals surface area contributed by atoms with Gasteiger partial charge in [0, 0.05) is 41.3 Å². The highest BCUT2D eigenvalue weighted by atomic mass is 35.5. The molecule has 0 aromatic heterocycles. The van der Waals surface area contributed by atoms with E-state index in [2.05, 4.69) is 24.1 Å². The van der Waals surface area contributed by atoms with Crippen LogP contribution in [0.1, 0.15) is 45.1 Å². The molecule has 0 unspecified atom stereocenters. The Hall–Kier alpha value is -0.640. The number of halogens is 2.